The van der Waals surface area contributed by atoms with E-state index in [4.69, 9.17) is 4.74 Å². The summed E-state index contributed by atoms with van der Waals surface area (Å²) in [6, 6.07) is 2.17. The Morgan fingerprint density at radius 2 is 2.14 bits per heavy atom. The summed E-state index contributed by atoms with van der Waals surface area (Å²) in [5.74, 6) is 0.754. The van der Waals surface area contributed by atoms with Gasteiger partial charge in [-0.2, -0.15) is 0 Å². The summed E-state index contributed by atoms with van der Waals surface area (Å²) in [7, 11) is 1.68. The minimum atomic E-state index is -0.710. The van der Waals surface area contributed by atoms with Gasteiger partial charge in [0.05, 0.1) is 18.0 Å². The zero-order chi connectivity index (χ0) is 15.0. The Labute approximate surface area is 133 Å². The van der Waals surface area contributed by atoms with Gasteiger partial charge in [-0.25, -0.2) is 0 Å². The molecule has 0 saturated heterocycles. The number of carboxylic acid groups (broad SMARTS) is 1. The highest BCUT2D eigenvalue weighted by atomic mass is 79.9. The molecule has 114 valence electrons. The molecular weight excluding hydrogens is 332 g/mol. The zero-order valence-electron chi connectivity index (χ0n) is 12.3. The molecule has 1 saturated carbocycles. The van der Waals surface area contributed by atoms with Crippen LogP contribution in [0.4, 0.5) is 0 Å². The summed E-state index contributed by atoms with van der Waals surface area (Å²) >= 11 is 3.62. The van der Waals surface area contributed by atoms with Crippen LogP contribution in [0.1, 0.15) is 54.7 Å². The topological polar surface area (TPSA) is 46.5 Å². The van der Waals surface area contributed by atoms with Crippen molar-refractivity contribution in [3.63, 3.8) is 0 Å². The fourth-order valence-corrected chi connectivity index (χ4v) is 4.32. The molecule has 3 nitrogen and oxygen atoms in total. The van der Waals surface area contributed by atoms with Crippen LogP contribution in [-0.2, 0) is 17.6 Å². The van der Waals surface area contributed by atoms with Gasteiger partial charge in [0.2, 0.25) is 0 Å². The van der Waals surface area contributed by atoms with E-state index >= 15 is 0 Å². The van der Waals surface area contributed by atoms with E-state index in [-0.39, 0.29) is 12.3 Å². The number of halogens is 1. The molecule has 0 amide bonds. The third-order valence-electron chi connectivity index (χ3n) is 4.76. The van der Waals surface area contributed by atoms with E-state index in [1.165, 1.54) is 29.5 Å². The van der Waals surface area contributed by atoms with Gasteiger partial charge in [-0.1, -0.05) is 0 Å². The predicted octanol–water partition coefficient (Wildman–Crippen LogP) is 4.30. The van der Waals surface area contributed by atoms with Crippen molar-refractivity contribution in [2.45, 2.75) is 50.9 Å². The summed E-state index contributed by atoms with van der Waals surface area (Å²) in [5.41, 5.74) is 3.91. The fraction of sp³-hybridized carbons (Fsp3) is 0.588. The SMILES string of the molecule is COc1c(Br)cc2c(c1C(CC(=O)O)C1CC1)CCCC2. The minimum absolute atomic E-state index is 0.0989. The Hall–Kier alpha value is -1.03. The molecule has 1 fully saturated rings. The second kappa shape index (κ2) is 5.99. The second-order valence-corrected chi connectivity index (χ2v) is 7.05. The lowest BCUT2D eigenvalue weighted by atomic mass is 9.80. The molecule has 0 bridgehead atoms. The van der Waals surface area contributed by atoms with Gasteiger partial charge in [0.25, 0.3) is 0 Å². The van der Waals surface area contributed by atoms with Gasteiger partial charge in [-0.3, -0.25) is 4.79 Å². The van der Waals surface area contributed by atoms with Crippen molar-refractivity contribution >= 4 is 21.9 Å². The summed E-state index contributed by atoms with van der Waals surface area (Å²) in [4.78, 5) is 11.3. The maximum atomic E-state index is 11.3. The molecule has 1 unspecified atom stereocenters. The molecule has 0 aromatic heterocycles. The summed E-state index contributed by atoms with van der Waals surface area (Å²) in [6.45, 7) is 0. The van der Waals surface area contributed by atoms with Gasteiger partial charge in [-0.05, 0) is 77.6 Å². The Morgan fingerprint density at radius 1 is 1.43 bits per heavy atom. The maximum Gasteiger partial charge on any atom is 0.303 e. The Kier molecular flexibility index (Phi) is 4.25. The molecule has 1 aromatic carbocycles. The van der Waals surface area contributed by atoms with E-state index < -0.39 is 5.97 Å². The van der Waals surface area contributed by atoms with Crippen LogP contribution < -0.4 is 4.74 Å². The highest BCUT2D eigenvalue weighted by Crippen LogP contribution is 2.51. The molecule has 21 heavy (non-hydrogen) atoms. The van der Waals surface area contributed by atoms with Crippen LogP contribution in [0.3, 0.4) is 0 Å². The number of hydrogen-bond acceptors (Lipinski definition) is 2. The van der Waals surface area contributed by atoms with Crippen molar-refractivity contribution in [2.24, 2.45) is 5.92 Å². The van der Waals surface area contributed by atoms with Gasteiger partial charge >= 0.3 is 5.97 Å². The number of carboxylic acids is 1. The Morgan fingerprint density at radius 3 is 2.76 bits per heavy atom. The van der Waals surface area contributed by atoms with Crippen molar-refractivity contribution in [1.82, 2.24) is 0 Å². The number of ether oxygens (including phenoxy) is 1. The number of carbonyl (C=O) groups is 1. The molecular formula is C17H21BrO3. The smallest absolute Gasteiger partial charge is 0.303 e. The fourth-order valence-electron chi connectivity index (χ4n) is 3.67. The van der Waals surface area contributed by atoms with Gasteiger partial charge in [0.15, 0.2) is 0 Å². The monoisotopic (exact) mass is 352 g/mol. The number of benzene rings is 1. The Bertz CT molecular complexity index is 564. The Balaban J connectivity index is 2.12. The molecule has 2 aliphatic carbocycles. The maximum absolute atomic E-state index is 11.3. The molecule has 2 aliphatic rings. The van der Waals surface area contributed by atoms with Crippen molar-refractivity contribution in [2.75, 3.05) is 7.11 Å². The van der Waals surface area contributed by atoms with Crippen molar-refractivity contribution in [3.8, 4) is 5.75 Å². The van der Waals surface area contributed by atoms with E-state index in [0.29, 0.717) is 5.92 Å². The lowest BCUT2D eigenvalue weighted by Gasteiger charge is -2.27. The van der Waals surface area contributed by atoms with Crippen LogP contribution in [0.25, 0.3) is 0 Å². The first kappa shape index (κ1) is 14.9. The van der Waals surface area contributed by atoms with Crippen molar-refractivity contribution in [1.29, 1.82) is 0 Å². The number of rotatable bonds is 5. The van der Waals surface area contributed by atoms with E-state index in [1.807, 2.05) is 0 Å². The van der Waals surface area contributed by atoms with Crippen LogP contribution in [-0.4, -0.2) is 18.2 Å². The molecule has 0 spiro atoms. The normalized spacial score (nSPS) is 19.0. The number of methoxy groups -OCH3 is 1. The predicted molar refractivity (Wildman–Crippen MR) is 85.1 cm³/mol. The first-order valence-electron chi connectivity index (χ1n) is 7.71. The molecule has 0 heterocycles. The van der Waals surface area contributed by atoms with Crippen LogP contribution in [0.2, 0.25) is 0 Å². The van der Waals surface area contributed by atoms with Gasteiger partial charge in [-0.15, -0.1) is 0 Å². The van der Waals surface area contributed by atoms with E-state index in [1.54, 1.807) is 7.11 Å². The van der Waals surface area contributed by atoms with E-state index in [2.05, 4.69) is 22.0 Å². The summed E-state index contributed by atoms with van der Waals surface area (Å²) < 4.78 is 6.61. The van der Waals surface area contributed by atoms with Crippen LogP contribution in [0.15, 0.2) is 10.5 Å². The van der Waals surface area contributed by atoms with E-state index in [9.17, 15) is 9.90 Å². The average Bonchev–Trinajstić information content (AvgIpc) is 3.28. The molecule has 1 N–H and O–H groups in total. The molecule has 0 aliphatic heterocycles. The van der Waals surface area contributed by atoms with Gasteiger partial charge in [0.1, 0.15) is 5.75 Å². The lowest BCUT2D eigenvalue weighted by Crippen LogP contribution is -2.16. The molecule has 1 atom stereocenters. The molecule has 4 heteroatoms. The standard InChI is InChI=1S/C17H21BrO3/c1-21-17-14(18)8-11-4-2-3-5-12(11)16(17)13(9-15(19)20)10-6-7-10/h8,10,13H,2-7,9H2,1H3,(H,19,20). The largest absolute Gasteiger partial charge is 0.495 e. The van der Waals surface area contributed by atoms with Crippen LogP contribution in [0.5, 0.6) is 5.75 Å². The van der Waals surface area contributed by atoms with Gasteiger partial charge in [0, 0.05) is 11.5 Å². The minimum Gasteiger partial charge on any atom is -0.495 e. The number of fused-ring (bicyclic) bond motifs is 1. The highest BCUT2D eigenvalue weighted by Gasteiger charge is 2.38. The molecule has 0 radical (unpaired) electrons. The second-order valence-electron chi connectivity index (χ2n) is 6.19. The summed E-state index contributed by atoms with van der Waals surface area (Å²) in [5, 5.41) is 9.31. The molecule has 3 rings (SSSR count). The van der Waals surface area contributed by atoms with E-state index in [0.717, 1.165) is 35.9 Å². The quantitative estimate of drug-likeness (QED) is 0.858. The molecule has 1 aromatic rings. The third kappa shape index (κ3) is 2.96. The number of aliphatic carboxylic acids is 1. The number of hydrogen-bond donors (Lipinski definition) is 1. The van der Waals surface area contributed by atoms with Crippen molar-refractivity contribution in [3.05, 3.63) is 27.2 Å². The average molecular weight is 353 g/mol. The summed E-state index contributed by atoms with van der Waals surface area (Å²) in [6.07, 6.45) is 7.05. The zero-order valence-corrected chi connectivity index (χ0v) is 13.9. The van der Waals surface area contributed by atoms with Gasteiger partial charge < -0.3 is 9.84 Å². The third-order valence-corrected chi connectivity index (χ3v) is 5.35. The highest BCUT2D eigenvalue weighted by molar-refractivity contribution is 9.10. The van der Waals surface area contributed by atoms with Crippen molar-refractivity contribution < 1.29 is 14.6 Å². The number of aryl methyl sites for hydroxylation is 1. The van der Waals surface area contributed by atoms with Crippen LogP contribution in [0, 0.1) is 5.92 Å². The first-order valence-corrected chi connectivity index (χ1v) is 8.51. The van der Waals surface area contributed by atoms with Crippen LogP contribution >= 0.6 is 15.9 Å². The first-order chi connectivity index (χ1) is 10.1. The lowest BCUT2D eigenvalue weighted by molar-refractivity contribution is -0.137.